The largest absolute Gasteiger partial charge is 0.483 e. The van der Waals surface area contributed by atoms with Gasteiger partial charge in [0, 0.05) is 6.42 Å². The van der Waals surface area contributed by atoms with E-state index >= 15 is 0 Å². The Hall–Kier alpha value is -2.13. The molecule has 0 spiro atoms. The summed E-state index contributed by atoms with van der Waals surface area (Å²) in [4.78, 5) is 13.9. The predicted molar refractivity (Wildman–Crippen MR) is 108 cm³/mol. The summed E-state index contributed by atoms with van der Waals surface area (Å²) in [6, 6.07) is 15.1. The van der Waals surface area contributed by atoms with E-state index in [1.165, 1.54) is 5.01 Å². The van der Waals surface area contributed by atoms with Gasteiger partial charge in [-0.1, -0.05) is 18.2 Å². The van der Waals surface area contributed by atoms with Crippen LogP contribution in [0, 0.1) is 3.57 Å². The van der Waals surface area contributed by atoms with Crippen LogP contribution in [0.4, 0.5) is 0 Å². The van der Waals surface area contributed by atoms with E-state index in [-0.39, 0.29) is 18.6 Å². The zero-order valence-corrected chi connectivity index (χ0v) is 16.6. The Morgan fingerprint density at radius 1 is 1.27 bits per heavy atom. The van der Waals surface area contributed by atoms with E-state index in [9.17, 15) is 4.79 Å². The number of benzene rings is 1. The van der Waals surface area contributed by atoms with Crippen LogP contribution in [0.3, 0.4) is 0 Å². The summed E-state index contributed by atoms with van der Waals surface area (Å²) in [6.07, 6.45) is 2.24. The van der Waals surface area contributed by atoms with Crippen LogP contribution in [0.1, 0.15) is 23.1 Å². The molecule has 5 nitrogen and oxygen atoms in total. The first-order chi connectivity index (χ1) is 12.7. The van der Waals surface area contributed by atoms with Crippen molar-refractivity contribution in [3.05, 3.63) is 74.4 Å². The van der Waals surface area contributed by atoms with Gasteiger partial charge in [0.2, 0.25) is 0 Å². The molecule has 26 heavy (non-hydrogen) atoms. The molecule has 0 aliphatic carbocycles. The number of halogens is 1. The molecule has 1 aliphatic heterocycles. The van der Waals surface area contributed by atoms with Gasteiger partial charge in [0.25, 0.3) is 5.91 Å². The molecule has 1 aromatic carbocycles. The molecule has 0 fully saturated rings. The van der Waals surface area contributed by atoms with Crippen molar-refractivity contribution in [3.8, 4) is 5.75 Å². The quantitative estimate of drug-likeness (QED) is 0.500. The number of thiophene rings is 1. The molecule has 0 N–H and O–H groups in total. The molecular formula is C19H15IN2O3S. The number of carbonyl (C=O) groups excluding carboxylic acids is 1. The second-order valence-electron chi connectivity index (χ2n) is 5.72. The van der Waals surface area contributed by atoms with Crippen LogP contribution in [0.5, 0.6) is 5.75 Å². The molecule has 1 atom stereocenters. The lowest BCUT2D eigenvalue weighted by atomic mass is 10.1. The second-order valence-corrected chi connectivity index (χ2v) is 7.83. The van der Waals surface area contributed by atoms with Gasteiger partial charge in [0.05, 0.1) is 20.4 Å². The first-order valence-electron chi connectivity index (χ1n) is 8.06. The van der Waals surface area contributed by atoms with E-state index < -0.39 is 0 Å². The van der Waals surface area contributed by atoms with Gasteiger partial charge in [0.15, 0.2) is 6.61 Å². The fourth-order valence-electron chi connectivity index (χ4n) is 2.80. The molecule has 0 radical (unpaired) electrons. The van der Waals surface area contributed by atoms with Crippen LogP contribution in [0.15, 0.2) is 69.7 Å². The third-order valence-electron chi connectivity index (χ3n) is 4.03. The third-order valence-corrected chi connectivity index (χ3v) is 5.84. The smallest absolute Gasteiger partial charge is 0.281 e. The zero-order chi connectivity index (χ0) is 17.9. The van der Waals surface area contributed by atoms with Crippen molar-refractivity contribution < 1.29 is 13.9 Å². The minimum absolute atomic E-state index is 0.0710. The highest BCUT2D eigenvalue weighted by atomic mass is 127. The van der Waals surface area contributed by atoms with Crippen molar-refractivity contribution in [2.24, 2.45) is 5.10 Å². The molecule has 1 aliphatic rings. The van der Waals surface area contributed by atoms with Gasteiger partial charge >= 0.3 is 0 Å². The van der Waals surface area contributed by atoms with Crippen molar-refractivity contribution in [1.29, 1.82) is 0 Å². The van der Waals surface area contributed by atoms with E-state index in [2.05, 4.69) is 27.7 Å². The normalized spacial score (nSPS) is 16.6. The number of carbonyl (C=O) groups is 1. The number of amides is 1. The molecular weight excluding hydrogens is 463 g/mol. The van der Waals surface area contributed by atoms with E-state index in [4.69, 9.17) is 9.15 Å². The molecule has 0 saturated carbocycles. The molecule has 0 saturated heterocycles. The summed E-state index contributed by atoms with van der Waals surface area (Å²) in [5.74, 6) is 1.22. The maximum Gasteiger partial charge on any atom is 0.281 e. The topological polar surface area (TPSA) is 55.0 Å². The molecule has 1 amide bonds. The number of rotatable bonds is 5. The molecule has 1 unspecified atom stereocenters. The van der Waals surface area contributed by atoms with E-state index in [1.807, 2.05) is 53.9 Å². The third kappa shape index (κ3) is 3.54. The van der Waals surface area contributed by atoms with Crippen molar-refractivity contribution in [2.45, 2.75) is 12.5 Å². The molecule has 0 bridgehead atoms. The maximum absolute atomic E-state index is 12.8. The molecule has 2 aromatic heterocycles. The summed E-state index contributed by atoms with van der Waals surface area (Å²) in [7, 11) is 0. The highest BCUT2D eigenvalue weighted by molar-refractivity contribution is 14.1. The minimum atomic E-state index is -0.243. The first-order valence-corrected chi connectivity index (χ1v) is 10.0. The number of ether oxygens (including phenoxy) is 1. The summed E-state index contributed by atoms with van der Waals surface area (Å²) >= 11 is 3.80. The van der Waals surface area contributed by atoms with Crippen molar-refractivity contribution in [1.82, 2.24) is 5.01 Å². The first kappa shape index (κ1) is 17.3. The van der Waals surface area contributed by atoms with Crippen LogP contribution in [-0.4, -0.2) is 23.2 Å². The molecule has 3 aromatic rings. The van der Waals surface area contributed by atoms with E-state index in [0.29, 0.717) is 12.2 Å². The number of para-hydroxylation sites is 1. The molecule has 4 rings (SSSR count). The summed E-state index contributed by atoms with van der Waals surface area (Å²) in [5, 5.41) is 8.07. The summed E-state index contributed by atoms with van der Waals surface area (Å²) in [6.45, 7) is -0.0710. The molecule has 3 heterocycles. The Morgan fingerprint density at radius 3 is 2.88 bits per heavy atom. The molecule has 7 heteroatoms. The Balaban J connectivity index is 1.54. The Bertz CT molecular complexity index is 922. The summed E-state index contributed by atoms with van der Waals surface area (Å²) < 4.78 is 12.2. The van der Waals surface area contributed by atoms with Gasteiger partial charge in [-0.25, -0.2) is 5.01 Å². The number of nitrogens with zero attached hydrogens (tertiary/aromatic N) is 2. The predicted octanol–water partition coefficient (Wildman–Crippen LogP) is 4.70. The van der Waals surface area contributed by atoms with Crippen molar-refractivity contribution >= 4 is 45.5 Å². The lowest BCUT2D eigenvalue weighted by molar-refractivity contribution is -0.135. The fourth-order valence-corrected chi connectivity index (χ4v) is 4.07. The van der Waals surface area contributed by atoms with E-state index in [1.54, 1.807) is 17.6 Å². The average Bonchev–Trinajstić information content (AvgIpc) is 3.41. The second kappa shape index (κ2) is 7.63. The average molecular weight is 478 g/mol. The lowest BCUT2D eigenvalue weighted by Gasteiger charge is -2.20. The van der Waals surface area contributed by atoms with Crippen LogP contribution < -0.4 is 4.74 Å². The number of hydrogen-bond donors (Lipinski definition) is 0. The number of hydrazone groups is 1. The van der Waals surface area contributed by atoms with Gasteiger partial charge in [0.1, 0.15) is 17.6 Å². The highest BCUT2D eigenvalue weighted by Crippen LogP contribution is 2.34. The van der Waals surface area contributed by atoms with Crippen LogP contribution >= 0.6 is 33.9 Å². The van der Waals surface area contributed by atoms with Crippen molar-refractivity contribution in [2.75, 3.05) is 6.61 Å². The van der Waals surface area contributed by atoms with Gasteiger partial charge < -0.3 is 9.15 Å². The zero-order valence-electron chi connectivity index (χ0n) is 13.7. The van der Waals surface area contributed by atoms with Crippen LogP contribution in [0.25, 0.3) is 0 Å². The highest BCUT2D eigenvalue weighted by Gasteiger charge is 2.35. The Morgan fingerprint density at radius 2 is 2.15 bits per heavy atom. The Kier molecular flexibility index (Phi) is 5.07. The molecule has 132 valence electrons. The lowest BCUT2D eigenvalue weighted by Crippen LogP contribution is -2.31. The minimum Gasteiger partial charge on any atom is -0.483 e. The monoisotopic (exact) mass is 478 g/mol. The number of furan rings is 1. The SMILES string of the molecule is O=C(COc1ccccc1I)N1N=C(c2cccs2)CC1c1ccco1. The summed E-state index contributed by atoms with van der Waals surface area (Å²) in [5.41, 5.74) is 0.893. The van der Waals surface area contributed by atoms with Gasteiger partial charge in [-0.05, 0) is 58.3 Å². The standard InChI is InChI=1S/C19H15IN2O3S/c20-13-5-1-2-6-16(13)25-12-19(23)22-15(17-7-3-9-24-17)11-14(21-22)18-8-4-10-26-18/h1-10,15H,11-12H2. The van der Waals surface area contributed by atoms with Crippen molar-refractivity contribution in [3.63, 3.8) is 0 Å². The Labute approximate surface area is 168 Å². The fraction of sp³-hybridized carbons (Fsp3) is 0.158. The number of hydrogen-bond acceptors (Lipinski definition) is 5. The van der Waals surface area contributed by atoms with Gasteiger partial charge in [-0.2, -0.15) is 5.10 Å². The maximum atomic E-state index is 12.8. The van der Waals surface area contributed by atoms with Crippen LogP contribution in [-0.2, 0) is 4.79 Å². The van der Waals surface area contributed by atoms with Gasteiger partial charge in [-0.3, -0.25) is 4.79 Å². The van der Waals surface area contributed by atoms with Gasteiger partial charge in [-0.15, -0.1) is 11.3 Å². The van der Waals surface area contributed by atoms with E-state index in [0.717, 1.165) is 19.9 Å². The van der Waals surface area contributed by atoms with Crippen LogP contribution in [0.2, 0.25) is 0 Å².